The second-order valence-electron chi connectivity index (χ2n) is 2.58. The third kappa shape index (κ3) is 1.42. The van der Waals surface area contributed by atoms with E-state index in [0.29, 0.717) is 12.6 Å². The Balaban J connectivity index is 2.39. The first-order chi connectivity index (χ1) is 4.20. The smallest absolute Gasteiger partial charge is 0.307 e. The monoisotopic (exact) mass is 129 g/mol. The minimum absolute atomic E-state index is 0.153. The maximum absolute atomic E-state index is 10.3. The van der Waals surface area contributed by atoms with E-state index < -0.39 is 5.97 Å². The van der Waals surface area contributed by atoms with Gasteiger partial charge >= 0.3 is 5.97 Å². The molecule has 0 aromatic rings. The first-order valence-corrected chi connectivity index (χ1v) is 3.16. The predicted octanol–water partition coefficient (Wildman–Crippen LogP) is 0.0690. The van der Waals surface area contributed by atoms with Crippen molar-refractivity contribution in [3.8, 4) is 0 Å². The van der Waals surface area contributed by atoms with E-state index in [4.69, 9.17) is 5.11 Å². The molecule has 3 heteroatoms. The lowest BCUT2D eigenvalue weighted by Crippen LogP contribution is -2.18. The number of nitrogens with one attached hydrogen (secondary N) is 1. The van der Waals surface area contributed by atoms with E-state index in [-0.39, 0.29) is 5.92 Å². The Hall–Kier alpha value is -0.570. The van der Waals surface area contributed by atoms with E-state index in [1.54, 1.807) is 0 Å². The zero-order valence-corrected chi connectivity index (χ0v) is 5.42. The van der Waals surface area contributed by atoms with Crippen LogP contribution in [0, 0.1) is 5.92 Å². The van der Waals surface area contributed by atoms with Crippen LogP contribution < -0.4 is 5.32 Å². The van der Waals surface area contributed by atoms with Crippen molar-refractivity contribution in [2.75, 3.05) is 6.54 Å². The van der Waals surface area contributed by atoms with Gasteiger partial charge in [0.15, 0.2) is 0 Å². The summed E-state index contributed by atoms with van der Waals surface area (Å²) in [5, 5.41) is 11.6. The van der Waals surface area contributed by atoms with Crippen molar-refractivity contribution in [3.05, 3.63) is 0 Å². The van der Waals surface area contributed by atoms with Crippen LogP contribution in [-0.4, -0.2) is 23.7 Å². The summed E-state index contributed by atoms with van der Waals surface area (Å²) in [7, 11) is 0. The number of carboxylic acids is 1. The second-order valence-corrected chi connectivity index (χ2v) is 2.58. The number of carbonyl (C=O) groups is 1. The van der Waals surface area contributed by atoms with E-state index >= 15 is 0 Å². The van der Waals surface area contributed by atoms with Gasteiger partial charge in [-0.1, -0.05) is 0 Å². The SMILES string of the molecule is CC1CC(C(=O)O)CN1. The van der Waals surface area contributed by atoms with Crippen LogP contribution in [0.15, 0.2) is 0 Å². The number of carboxylic acid groups (broad SMARTS) is 1. The number of rotatable bonds is 1. The molecule has 0 spiro atoms. The van der Waals surface area contributed by atoms with E-state index in [9.17, 15) is 4.79 Å². The molecule has 9 heavy (non-hydrogen) atoms. The van der Waals surface area contributed by atoms with Crippen LogP contribution in [0.5, 0.6) is 0 Å². The number of aliphatic carboxylic acids is 1. The fourth-order valence-electron chi connectivity index (χ4n) is 1.13. The molecule has 1 aliphatic rings. The fourth-order valence-corrected chi connectivity index (χ4v) is 1.13. The zero-order valence-electron chi connectivity index (χ0n) is 5.42. The van der Waals surface area contributed by atoms with Gasteiger partial charge in [-0.15, -0.1) is 0 Å². The largest absolute Gasteiger partial charge is 0.481 e. The Morgan fingerprint density at radius 1 is 1.78 bits per heavy atom. The van der Waals surface area contributed by atoms with E-state index in [2.05, 4.69) is 5.32 Å². The molecule has 0 aromatic heterocycles. The summed E-state index contributed by atoms with van der Waals surface area (Å²) in [5.41, 5.74) is 0. The minimum Gasteiger partial charge on any atom is -0.481 e. The predicted molar refractivity (Wildman–Crippen MR) is 33.2 cm³/mol. The molecule has 0 saturated carbocycles. The van der Waals surface area contributed by atoms with Gasteiger partial charge in [0, 0.05) is 12.6 Å². The molecule has 1 heterocycles. The highest BCUT2D eigenvalue weighted by atomic mass is 16.4. The Bertz CT molecular complexity index is 124. The summed E-state index contributed by atoms with van der Waals surface area (Å²) in [6.45, 7) is 2.64. The van der Waals surface area contributed by atoms with Crippen LogP contribution in [0.2, 0.25) is 0 Å². The van der Waals surface area contributed by atoms with Gasteiger partial charge in [-0.25, -0.2) is 0 Å². The van der Waals surface area contributed by atoms with Crippen molar-refractivity contribution in [1.29, 1.82) is 0 Å². The first-order valence-electron chi connectivity index (χ1n) is 3.16. The average Bonchev–Trinajstić information content (AvgIpc) is 2.14. The van der Waals surface area contributed by atoms with E-state index in [1.165, 1.54) is 0 Å². The highest BCUT2D eigenvalue weighted by molar-refractivity contribution is 5.70. The Morgan fingerprint density at radius 2 is 2.44 bits per heavy atom. The van der Waals surface area contributed by atoms with Gasteiger partial charge in [0.05, 0.1) is 5.92 Å². The second kappa shape index (κ2) is 2.35. The lowest BCUT2D eigenvalue weighted by molar-refractivity contribution is -0.141. The third-order valence-electron chi connectivity index (χ3n) is 1.70. The molecule has 2 unspecified atom stereocenters. The molecule has 0 aromatic carbocycles. The number of hydrogen-bond donors (Lipinski definition) is 2. The van der Waals surface area contributed by atoms with Gasteiger partial charge < -0.3 is 10.4 Å². The van der Waals surface area contributed by atoms with Crippen LogP contribution in [0.3, 0.4) is 0 Å². The van der Waals surface area contributed by atoms with Crippen molar-refractivity contribution in [2.45, 2.75) is 19.4 Å². The van der Waals surface area contributed by atoms with Gasteiger partial charge in [0.25, 0.3) is 0 Å². The van der Waals surface area contributed by atoms with Crippen LogP contribution >= 0.6 is 0 Å². The molecule has 1 aliphatic heterocycles. The number of hydrogen-bond acceptors (Lipinski definition) is 2. The van der Waals surface area contributed by atoms with Gasteiger partial charge in [-0.05, 0) is 13.3 Å². The molecule has 52 valence electrons. The van der Waals surface area contributed by atoms with Gasteiger partial charge in [0.1, 0.15) is 0 Å². The van der Waals surface area contributed by atoms with Crippen molar-refractivity contribution in [3.63, 3.8) is 0 Å². The molecule has 0 radical (unpaired) electrons. The van der Waals surface area contributed by atoms with Crippen LogP contribution in [0.25, 0.3) is 0 Å². The van der Waals surface area contributed by atoms with Crippen molar-refractivity contribution in [2.24, 2.45) is 5.92 Å². The summed E-state index contributed by atoms with van der Waals surface area (Å²) in [4.78, 5) is 10.3. The summed E-state index contributed by atoms with van der Waals surface area (Å²) in [5.74, 6) is -0.827. The standard InChI is InChI=1S/C6H11NO2/c1-4-2-5(3-7-4)6(8)9/h4-5,7H,2-3H2,1H3,(H,8,9). The lowest BCUT2D eigenvalue weighted by atomic mass is 10.1. The van der Waals surface area contributed by atoms with Crippen LogP contribution in [0.4, 0.5) is 0 Å². The molecule has 1 fully saturated rings. The van der Waals surface area contributed by atoms with Crippen molar-refractivity contribution in [1.82, 2.24) is 5.32 Å². The lowest BCUT2D eigenvalue weighted by Gasteiger charge is -1.98. The van der Waals surface area contributed by atoms with Gasteiger partial charge in [-0.3, -0.25) is 4.79 Å². The third-order valence-corrected chi connectivity index (χ3v) is 1.70. The quantitative estimate of drug-likeness (QED) is 0.526. The van der Waals surface area contributed by atoms with Gasteiger partial charge in [-0.2, -0.15) is 0 Å². The summed E-state index contributed by atoms with van der Waals surface area (Å²) in [6.07, 6.45) is 0.773. The summed E-state index contributed by atoms with van der Waals surface area (Å²) < 4.78 is 0. The molecule has 3 nitrogen and oxygen atoms in total. The first kappa shape index (κ1) is 6.55. The molecule has 2 N–H and O–H groups in total. The van der Waals surface area contributed by atoms with Crippen LogP contribution in [0.1, 0.15) is 13.3 Å². The van der Waals surface area contributed by atoms with Crippen molar-refractivity contribution >= 4 is 5.97 Å². The summed E-state index contributed by atoms with van der Waals surface area (Å²) in [6, 6.07) is 0.381. The molecule has 1 rings (SSSR count). The Labute approximate surface area is 54.1 Å². The summed E-state index contributed by atoms with van der Waals surface area (Å²) >= 11 is 0. The zero-order chi connectivity index (χ0) is 6.85. The normalized spacial score (nSPS) is 34.8. The minimum atomic E-state index is -0.674. The molecule has 0 bridgehead atoms. The van der Waals surface area contributed by atoms with Gasteiger partial charge in [0.2, 0.25) is 0 Å². The highest BCUT2D eigenvalue weighted by Gasteiger charge is 2.25. The molecule has 1 saturated heterocycles. The maximum Gasteiger partial charge on any atom is 0.307 e. The molecule has 0 aliphatic carbocycles. The molecule has 2 atom stereocenters. The molecular weight excluding hydrogens is 118 g/mol. The maximum atomic E-state index is 10.3. The van der Waals surface area contributed by atoms with Crippen LogP contribution in [-0.2, 0) is 4.79 Å². The topological polar surface area (TPSA) is 49.3 Å². The highest BCUT2D eigenvalue weighted by Crippen LogP contribution is 2.12. The van der Waals surface area contributed by atoms with E-state index in [0.717, 1.165) is 6.42 Å². The molecule has 0 amide bonds. The molecular formula is C6H11NO2. The van der Waals surface area contributed by atoms with Crippen molar-refractivity contribution < 1.29 is 9.90 Å². The average molecular weight is 129 g/mol. The fraction of sp³-hybridized carbons (Fsp3) is 0.833. The Kier molecular flexibility index (Phi) is 1.71. The Morgan fingerprint density at radius 3 is 2.67 bits per heavy atom. The van der Waals surface area contributed by atoms with E-state index in [1.807, 2.05) is 6.92 Å².